The molecule has 3 aromatic carbocycles. The number of non-ortho nitro benzene ring substituents is 2. The highest BCUT2D eigenvalue weighted by atomic mass is 16.7. The predicted molar refractivity (Wildman–Crippen MR) is 115 cm³/mol. The van der Waals surface area contributed by atoms with E-state index in [4.69, 9.17) is 9.47 Å². The van der Waals surface area contributed by atoms with Crippen LogP contribution < -0.4 is 4.74 Å². The Kier molecular flexibility index (Phi) is 5.00. The van der Waals surface area contributed by atoms with Gasteiger partial charge in [0.2, 0.25) is 0 Å². The van der Waals surface area contributed by atoms with Crippen LogP contribution >= 0.6 is 0 Å². The molecule has 8 heteroatoms. The topological polar surface area (TPSA) is 105 Å². The van der Waals surface area contributed by atoms with Gasteiger partial charge in [-0.25, -0.2) is 0 Å². The van der Waals surface area contributed by atoms with Crippen LogP contribution in [0.3, 0.4) is 0 Å². The van der Waals surface area contributed by atoms with E-state index in [2.05, 4.69) is 0 Å². The third-order valence-corrected chi connectivity index (χ3v) is 5.22. The van der Waals surface area contributed by atoms with Crippen LogP contribution in [0.25, 0.3) is 11.6 Å². The highest BCUT2D eigenvalue weighted by molar-refractivity contribution is 5.90. The lowest BCUT2D eigenvalue weighted by molar-refractivity contribution is -0.385. The molecule has 4 rings (SSSR count). The molecule has 0 saturated carbocycles. The van der Waals surface area contributed by atoms with E-state index in [1.54, 1.807) is 24.3 Å². The fourth-order valence-electron chi connectivity index (χ4n) is 3.61. The minimum absolute atomic E-state index is 0.0459. The van der Waals surface area contributed by atoms with Crippen molar-refractivity contribution < 1.29 is 19.3 Å². The number of ether oxygens (including phenoxy) is 2. The maximum Gasteiger partial charge on any atom is 0.270 e. The summed E-state index contributed by atoms with van der Waals surface area (Å²) in [5, 5.41) is 22.3. The van der Waals surface area contributed by atoms with Crippen molar-refractivity contribution in [2.75, 3.05) is 7.11 Å². The molecule has 156 valence electrons. The van der Waals surface area contributed by atoms with Gasteiger partial charge in [-0.2, -0.15) is 0 Å². The van der Waals surface area contributed by atoms with E-state index in [0.29, 0.717) is 28.0 Å². The molecule has 1 aliphatic heterocycles. The maximum atomic E-state index is 11.2. The number of benzene rings is 3. The maximum absolute atomic E-state index is 11.2. The molecular weight excluding hydrogens is 400 g/mol. The van der Waals surface area contributed by atoms with Gasteiger partial charge in [-0.05, 0) is 36.8 Å². The quantitative estimate of drug-likeness (QED) is 0.414. The summed E-state index contributed by atoms with van der Waals surface area (Å²) in [4.78, 5) is 21.4. The van der Waals surface area contributed by atoms with Crippen molar-refractivity contribution in [3.8, 4) is 5.75 Å². The van der Waals surface area contributed by atoms with Crippen LogP contribution in [0.5, 0.6) is 5.75 Å². The highest BCUT2D eigenvalue weighted by Gasteiger charge is 2.43. The summed E-state index contributed by atoms with van der Waals surface area (Å²) in [5.74, 6) is -0.911. The second kappa shape index (κ2) is 7.66. The van der Waals surface area contributed by atoms with Gasteiger partial charge in [-0.1, -0.05) is 29.8 Å². The number of hydrogen-bond donors (Lipinski definition) is 0. The molecular formula is C23H18N2O6. The van der Waals surface area contributed by atoms with Gasteiger partial charge in [0.1, 0.15) is 5.75 Å². The van der Waals surface area contributed by atoms with Crippen molar-refractivity contribution in [2.45, 2.75) is 12.7 Å². The van der Waals surface area contributed by atoms with Gasteiger partial charge in [0.25, 0.3) is 17.2 Å². The minimum atomic E-state index is -1.34. The minimum Gasteiger partial charge on any atom is -0.453 e. The fraction of sp³-hybridized carbons (Fsp3) is 0.130. The summed E-state index contributed by atoms with van der Waals surface area (Å²) in [5.41, 5.74) is 3.38. The van der Waals surface area contributed by atoms with Crippen molar-refractivity contribution in [3.05, 3.63) is 109 Å². The molecule has 31 heavy (non-hydrogen) atoms. The standard InChI is InChI=1S/C23H18N2O6/c1-15-3-7-18(8-4-15)23(30-2)21(16-5-9-19(10-6-16)24(26)27)14-17-13-20(25(28)29)11-12-22(17)31-23/h3-14H,1-2H3. The van der Waals surface area contributed by atoms with Gasteiger partial charge in [0.15, 0.2) is 0 Å². The number of nitro benzene ring substituents is 2. The van der Waals surface area contributed by atoms with Crippen molar-refractivity contribution >= 4 is 23.0 Å². The van der Waals surface area contributed by atoms with E-state index in [1.807, 2.05) is 31.2 Å². The SMILES string of the molecule is COC1(c2ccc(C)cc2)Oc2ccc([N+](=O)[O-])cc2C=C1c1ccc([N+](=O)[O-])cc1. The molecule has 0 radical (unpaired) electrons. The van der Waals surface area contributed by atoms with E-state index < -0.39 is 15.6 Å². The number of methoxy groups -OCH3 is 1. The number of nitro groups is 2. The Morgan fingerprint density at radius 3 is 2.06 bits per heavy atom. The van der Waals surface area contributed by atoms with Crippen LogP contribution in [0, 0.1) is 27.2 Å². The monoisotopic (exact) mass is 418 g/mol. The van der Waals surface area contributed by atoms with Gasteiger partial charge in [-0.15, -0.1) is 0 Å². The second-order valence-corrected chi connectivity index (χ2v) is 7.13. The number of rotatable bonds is 5. The van der Waals surface area contributed by atoms with Crippen molar-refractivity contribution in [1.29, 1.82) is 0 Å². The summed E-state index contributed by atoms with van der Waals surface area (Å²) in [6, 6.07) is 18.0. The second-order valence-electron chi connectivity index (χ2n) is 7.13. The fourth-order valence-corrected chi connectivity index (χ4v) is 3.61. The van der Waals surface area contributed by atoms with E-state index in [-0.39, 0.29) is 11.4 Å². The summed E-state index contributed by atoms with van der Waals surface area (Å²) in [6.45, 7) is 1.96. The van der Waals surface area contributed by atoms with Crippen LogP contribution in [-0.2, 0) is 10.5 Å². The van der Waals surface area contributed by atoms with Crippen LogP contribution in [-0.4, -0.2) is 17.0 Å². The average molecular weight is 418 g/mol. The van der Waals surface area contributed by atoms with E-state index in [0.717, 1.165) is 5.56 Å². The summed E-state index contributed by atoms with van der Waals surface area (Å²) in [7, 11) is 1.51. The van der Waals surface area contributed by atoms with Crippen molar-refractivity contribution in [3.63, 3.8) is 0 Å². The molecule has 3 aromatic rings. The first-order valence-corrected chi connectivity index (χ1v) is 9.41. The van der Waals surface area contributed by atoms with Gasteiger partial charge in [-0.3, -0.25) is 20.2 Å². The lowest BCUT2D eigenvalue weighted by Crippen LogP contribution is -2.38. The molecule has 0 aliphatic carbocycles. The lowest BCUT2D eigenvalue weighted by atomic mass is 9.87. The lowest BCUT2D eigenvalue weighted by Gasteiger charge is -2.39. The van der Waals surface area contributed by atoms with Crippen molar-refractivity contribution in [2.24, 2.45) is 0 Å². The molecule has 0 amide bonds. The Morgan fingerprint density at radius 2 is 1.48 bits per heavy atom. The normalized spacial score (nSPS) is 17.3. The molecule has 1 heterocycles. The van der Waals surface area contributed by atoms with Gasteiger partial charge >= 0.3 is 0 Å². The molecule has 0 N–H and O–H groups in total. The Balaban J connectivity index is 1.94. The van der Waals surface area contributed by atoms with Gasteiger partial charge < -0.3 is 9.47 Å². The van der Waals surface area contributed by atoms with Gasteiger partial charge in [0, 0.05) is 48.1 Å². The average Bonchev–Trinajstić information content (AvgIpc) is 2.78. The van der Waals surface area contributed by atoms with Crippen molar-refractivity contribution in [1.82, 2.24) is 0 Å². The first-order valence-electron chi connectivity index (χ1n) is 9.41. The molecule has 1 aliphatic rings. The number of hydrogen-bond acceptors (Lipinski definition) is 6. The van der Waals surface area contributed by atoms with E-state index in [9.17, 15) is 20.2 Å². The van der Waals surface area contributed by atoms with E-state index in [1.165, 1.54) is 31.4 Å². The number of aryl methyl sites for hydroxylation is 1. The summed E-state index contributed by atoms with van der Waals surface area (Å²) >= 11 is 0. The molecule has 0 saturated heterocycles. The zero-order chi connectivity index (χ0) is 22.2. The molecule has 0 fully saturated rings. The number of nitrogens with zero attached hydrogens (tertiary/aromatic N) is 2. The highest BCUT2D eigenvalue weighted by Crippen LogP contribution is 2.48. The Morgan fingerprint density at radius 1 is 0.871 bits per heavy atom. The van der Waals surface area contributed by atoms with E-state index >= 15 is 0 Å². The van der Waals surface area contributed by atoms with Gasteiger partial charge in [0.05, 0.1) is 9.85 Å². The molecule has 8 nitrogen and oxygen atoms in total. The Bertz CT molecular complexity index is 1200. The van der Waals surface area contributed by atoms with Crippen LogP contribution in [0.2, 0.25) is 0 Å². The molecule has 1 atom stereocenters. The smallest absolute Gasteiger partial charge is 0.270 e. The molecule has 0 spiro atoms. The number of fused-ring (bicyclic) bond motifs is 1. The first-order chi connectivity index (χ1) is 14.8. The molecule has 0 bridgehead atoms. The summed E-state index contributed by atoms with van der Waals surface area (Å²) < 4.78 is 12.3. The third-order valence-electron chi connectivity index (χ3n) is 5.22. The Hall–Kier alpha value is -4.04. The predicted octanol–water partition coefficient (Wildman–Crippen LogP) is 5.24. The molecule has 1 unspecified atom stereocenters. The summed E-state index contributed by atoms with van der Waals surface area (Å²) in [6.07, 6.45) is 1.76. The Labute approximate surface area is 177 Å². The largest absolute Gasteiger partial charge is 0.453 e. The third kappa shape index (κ3) is 3.53. The zero-order valence-corrected chi connectivity index (χ0v) is 16.8. The first kappa shape index (κ1) is 20.2. The van der Waals surface area contributed by atoms with Crippen LogP contribution in [0.15, 0.2) is 66.7 Å². The zero-order valence-electron chi connectivity index (χ0n) is 16.8. The van der Waals surface area contributed by atoms with Crippen LogP contribution in [0.1, 0.15) is 22.3 Å². The van der Waals surface area contributed by atoms with Crippen LogP contribution in [0.4, 0.5) is 11.4 Å². The molecule has 0 aromatic heterocycles.